The van der Waals surface area contributed by atoms with Crippen LogP contribution in [0.3, 0.4) is 0 Å². The van der Waals surface area contributed by atoms with E-state index < -0.39 is 5.41 Å². The molecule has 0 aliphatic rings. The second kappa shape index (κ2) is 5.77. The van der Waals surface area contributed by atoms with Crippen molar-refractivity contribution in [1.29, 1.82) is 0 Å². The molecule has 86 valence electrons. The van der Waals surface area contributed by atoms with Gasteiger partial charge >= 0.3 is 5.97 Å². The molecule has 0 fully saturated rings. The average molecular weight is 226 g/mol. The highest BCUT2D eigenvalue weighted by Crippen LogP contribution is 2.32. The van der Waals surface area contributed by atoms with Gasteiger partial charge in [-0.2, -0.15) is 0 Å². The lowest BCUT2D eigenvalue weighted by molar-refractivity contribution is -0.147. The topological polar surface area (TPSA) is 26.3 Å². The van der Waals surface area contributed by atoms with Crippen molar-refractivity contribution in [3.8, 4) is 24.7 Å². The number of methoxy groups -OCH3 is 1. The van der Waals surface area contributed by atoms with Gasteiger partial charge in [-0.3, -0.25) is 4.79 Å². The molecule has 1 rings (SSSR count). The van der Waals surface area contributed by atoms with Crippen LogP contribution in [-0.4, -0.2) is 13.1 Å². The SMILES string of the molecule is C#CCC(CC#C)(C(=O)OC)c1ccccc1. The summed E-state index contributed by atoms with van der Waals surface area (Å²) in [6.07, 6.45) is 11.2. The van der Waals surface area contributed by atoms with Crippen LogP contribution in [0.5, 0.6) is 0 Å². The minimum absolute atomic E-state index is 0.230. The lowest BCUT2D eigenvalue weighted by Gasteiger charge is -2.27. The van der Waals surface area contributed by atoms with Crippen LogP contribution in [0.25, 0.3) is 0 Å². The van der Waals surface area contributed by atoms with Crippen LogP contribution in [0.15, 0.2) is 30.3 Å². The fourth-order valence-electron chi connectivity index (χ4n) is 1.83. The number of carbonyl (C=O) groups is 1. The normalized spacial score (nSPS) is 10.1. The predicted molar refractivity (Wildman–Crippen MR) is 67.0 cm³/mol. The highest BCUT2D eigenvalue weighted by atomic mass is 16.5. The number of esters is 1. The summed E-state index contributed by atoms with van der Waals surface area (Å²) < 4.78 is 4.85. The lowest BCUT2D eigenvalue weighted by atomic mass is 9.75. The molecular formula is C15H14O2. The number of terminal acetylenes is 2. The Morgan fingerprint density at radius 1 is 1.24 bits per heavy atom. The van der Waals surface area contributed by atoms with E-state index in [-0.39, 0.29) is 18.8 Å². The molecule has 0 aliphatic carbocycles. The van der Waals surface area contributed by atoms with E-state index in [2.05, 4.69) is 11.8 Å². The number of hydrogen-bond donors (Lipinski definition) is 0. The van der Waals surface area contributed by atoms with Crippen LogP contribution in [-0.2, 0) is 14.9 Å². The first-order chi connectivity index (χ1) is 8.21. The predicted octanol–water partition coefficient (Wildman–Crippen LogP) is 2.14. The van der Waals surface area contributed by atoms with Gasteiger partial charge in [0.1, 0.15) is 5.41 Å². The van der Waals surface area contributed by atoms with E-state index in [4.69, 9.17) is 17.6 Å². The third-order valence-electron chi connectivity index (χ3n) is 2.71. The van der Waals surface area contributed by atoms with Crippen LogP contribution in [0.4, 0.5) is 0 Å². The molecule has 1 aromatic rings. The van der Waals surface area contributed by atoms with E-state index >= 15 is 0 Å². The van der Waals surface area contributed by atoms with Crippen molar-refractivity contribution in [2.45, 2.75) is 18.3 Å². The lowest BCUT2D eigenvalue weighted by Crippen LogP contribution is -2.36. The molecule has 0 spiro atoms. The maximum Gasteiger partial charge on any atom is 0.318 e. The molecule has 0 N–H and O–H groups in total. The van der Waals surface area contributed by atoms with Gasteiger partial charge in [0, 0.05) is 12.8 Å². The third-order valence-corrected chi connectivity index (χ3v) is 2.71. The van der Waals surface area contributed by atoms with Gasteiger partial charge < -0.3 is 4.74 Å². The third kappa shape index (κ3) is 2.49. The van der Waals surface area contributed by atoms with Gasteiger partial charge in [-0.1, -0.05) is 30.3 Å². The second-order valence-electron chi connectivity index (χ2n) is 3.70. The van der Waals surface area contributed by atoms with E-state index in [0.29, 0.717) is 0 Å². The van der Waals surface area contributed by atoms with Crippen molar-refractivity contribution in [2.24, 2.45) is 0 Å². The molecule has 17 heavy (non-hydrogen) atoms. The number of ether oxygens (including phenoxy) is 1. The Morgan fingerprint density at radius 3 is 2.18 bits per heavy atom. The van der Waals surface area contributed by atoms with Crippen molar-refractivity contribution >= 4 is 5.97 Å². The molecule has 0 amide bonds. The second-order valence-corrected chi connectivity index (χ2v) is 3.70. The first kappa shape index (κ1) is 12.9. The van der Waals surface area contributed by atoms with E-state index in [9.17, 15) is 4.79 Å². The van der Waals surface area contributed by atoms with E-state index in [1.54, 1.807) is 0 Å². The zero-order valence-electron chi connectivity index (χ0n) is 9.77. The first-order valence-corrected chi connectivity index (χ1v) is 5.22. The highest BCUT2D eigenvalue weighted by Gasteiger charge is 2.40. The Kier molecular flexibility index (Phi) is 4.37. The van der Waals surface area contributed by atoms with Crippen molar-refractivity contribution in [3.05, 3.63) is 35.9 Å². The van der Waals surface area contributed by atoms with Gasteiger partial charge in [0.2, 0.25) is 0 Å². The molecule has 0 saturated heterocycles. The van der Waals surface area contributed by atoms with Gasteiger partial charge in [-0.05, 0) is 5.56 Å². The monoisotopic (exact) mass is 226 g/mol. The molecule has 0 radical (unpaired) electrons. The summed E-state index contributed by atoms with van der Waals surface area (Å²) in [6.45, 7) is 0. The fourth-order valence-corrected chi connectivity index (χ4v) is 1.83. The molecular weight excluding hydrogens is 212 g/mol. The number of hydrogen-bond acceptors (Lipinski definition) is 2. The molecule has 0 saturated carbocycles. The van der Waals surface area contributed by atoms with Crippen molar-refractivity contribution in [1.82, 2.24) is 0 Å². The van der Waals surface area contributed by atoms with Crippen molar-refractivity contribution in [3.63, 3.8) is 0 Å². The Bertz CT molecular complexity index is 444. The zero-order chi connectivity index (χ0) is 12.7. The maximum absolute atomic E-state index is 12.0. The molecule has 0 bridgehead atoms. The Morgan fingerprint density at radius 2 is 1.76 bits per heavy atom. The average Bonchev–Trinajstić information content (AvgIpc) is 2.38. The molecule has 0 atom stereocenters. The van der Waals surface area contributed by atoms with Crippen LogP contribution >= 0.6 is 0 Å². The maximum atomic E-state index is 12.0. The minimum atomic E-state index is -0.931. The summed E-state index contributed by atoms with van der Waals surface area (Å²) in [5.41, 5.74) is -0.137. The van der Waals surface area contributed by atoms with Gasteiger partial charge in [0.15, 0.2) is 0 Å². The Hall–Kier alpha value is -2.19. The summed E-state index contributed by atoms with van der Waals surface area (Å²) >= 11 is 0. The first-order valence-electron chi connectivity index (χ1n) is 5.22. The zero-order valence-corrected chi connectivity index (χ0v) is 9.77. The molecule has 1 aromatic carbocycles. The molecule has 0 unspecified atom stereocenters. The molecule has 0 heterocycles. The summed E-state index contributed by atoms with van der Waals surface area (Å²) in [5.74, 6) is 4.63. The van der Waals surface area contributed by atoms with E-state index in [1.807, 2.05) is 30.3 Å². The van der Waals surface area contributed by atoms with Crippen LogP contribution in [0.1, 0.15) is 18.4 Å². The van der Waals surface area contributed by atoms with E-state index in [0.717, 1.165) is 5.56 Å². The van der Waals surface area contributed by atoms with Crippen LogP contribution in [0.2, 0.25) is 0 Å². The minimum Gasteiger partial charge on any atom is -0.468 e. The summed E-state index contributed by atoms with van der Waals surface area (Å²) in [5, 5.41) is 0. The van der Waals surface area contributed by atoms with E-state index in [1.165, 1.54) is 7.11 Å². The largest absolute Gasteiger partial charge is 0.468 e. The number of rotatable bonds is 4. The van der Waals surface area contributed by atoms with Crippen LogP contribution < -0.4 is 0 Å². The quantitative estimate of drug-likeness (QED) is 0.581. The summed E-state index contributed by atoms with van der Waals surface area (Å²) in [6, 6.07) is 9.24. The smallest absolute Gasteiger partial charge is 0.318 e. The fraction of sp³-hybridized carbons (Fsp3) is 0.267. The summed E-state index contributed by atoms with van der Waals surface area (Å²) in [4.78, 5) is 12.0. The Balaban J connectivity index is 3.31. The standard InChI is InChI=1S/C15H14O2/c1-4-11-15(12-5-2,14(16)17-3)13-9-7-6-8-10-13/h1-2,6-10H,11-12H2,3H3. The van der Waals surface area contributed by atoms with Gasteiger partial charge in [-0.25, -0.2) is 0 Å². The summed E-state index contributed by atoms with van der Waals surface area (Å²) in [7, 11) is 1.34. The van der Waals surface area contributed by atoms with Crippen molar-refractivity contribution in [2.75, 3.05) is 7.11 Å². The van der Waals surface area contributed by atoms with Gasteiger partial charge in [0.05, 0.1) is 7.11 Å². The van der Waals surface area contributed by atoms with Crippen molar-refractivity contribution < 1.29 is 9.53 Å². The van der Waals surface area contributed by atoms with Gasteiger partial charge in [0.25, 0.3) is 0 Å². The molecule has 2 nitrogen and oxygen atoms in total. The number of benzene rings is 1. The van der Waals surface area contributed by atoms with Gasteiger partial charge in [-0.15, -0.1) is 24.7 Å². The molecule has 2 heteroatoms. The Labute approximate surface area is 102 Å². The molecule has 0 aliphatic heterocycles. The number of carbonyl (C=O) groups excluding carboxylic acids is 1. The molecule has 0 aromatic heterocycles. The van der Waals surface area contributed by atoms with Crippen LogP contribution in [0, 0.1) is 24.7 Å². The highest BCUT2D eigenvalue weighted by molar-refractivity contribution is 5.84.